The summed E-state index contributed by atoms with van der Waals surface area (Å²) in [6.45, 7) is -0.0112. The van der Waals surface area contributed by atoms with Crippen molar-refractivity contribution >= 4 is 21.4 Å². The molecule has 0 unspecified atom stereocenters. The van der Waals surface area contributed by atoms with E-state index in [4.69, 9.17) is 28.6 Å². The summed E-state index contributed by atoms with van der Waals surface area (Å²) in [4.78, 5) is 0. The first-order valence-electron chi connectivity index (χ1n) is 5.60. The van der Waals surface area contributed by atoms with Gasteiger partial charge in [0.15, 0.2) is 0 Å². The summed E-state index contributed by atoms with van der Waals surface area (Å²) >= 11 is 4.11. The molecule has 0 heterocycles. The average Bonchev–Trinajstić information content (AvgIpc) is 2.37. The van der Waals surface area contributed by atoms with Crippen LogP contribution in [-0.4, -0.2) is 69.5 Å². The van der Waals surface area contributed by atoms with Gasteiger partial charge in [-0.2, -0.15) is 12.6 Å². The molecule has 0 radical (unpaired) electrons. The van der Waals surface area contributed by atoms with Crippen LogP contribution in [0.4, 0.5) is 0 Å². The Hall–Kier alpha value is 0.327. The molecule has 3 N–H and O–H groups in total. The van der Waals surface area contributed by atoms with Crippen molar-refractivity contribution in [3.63, 3.8) is 0 Å². The van der Waals surface area contributed by atoms with Crippen LogP contribution in [0.5, 0.6) is 0 Å². The Bertz CT molecular complexity index is 136. The predicted octanol–water partition coefficient (Wildman–Crippen LogP) is -0.728. The standard InChI is InChI=1S/C9H22O6SSi/c10-2-5-13-17(9-1-8-16,14-6-3-11)15-7-4-12/h10-12,16H,1-9H2. The Balaban J connectivity index is 4.39. The van der Waals surface area contributed by atoms with Crippen molar-refractivity contribution < 1.29 is 28.6 Å². The Morgan fingerprint density at radius 3 is 1.53 bits per heavy atom. The highest BCUT2D eigenvalue weighted by Crippen LogP contribution is 2.18. The van der Waals surface area contributed by atoms with Gasteiger partial charge in [-0.3, -0.25) is 0 Å². The zero-order chi connectivity index (χ0) is 13.0. The minimum atomic E-state index is -2.91. The molecule has 0 rings (SSSR count). The summed E-state index contributed by atoms with van der Waals surface area (Å²) in [5, 5.41) is 26.3. The summed E-state index contributed by atoms with van der Waals surface area (Å²) in [6, 6.07) is 0.552. The number of aliphatic hydroxyl groups excluding tert-OH is 3. The lowest BCUT2D eigenvalue weighted by molar-refractivity contribution is 0.0279. The SMILES string of the molecule is OCCO[Si](CCCS)(OCCO)OCCO. The minimum Gasteiger partial charge on any atom is -0.394 e. The lowest BCUT2D eigenvalue weighted by Gasteiger charge is -2.29. The second-order valence-corrected chi connectivity index (χ2v) is 6.41. The molecular weight excluding hydrogens is 264 g/mol. The highest BCUT2D eigenvalue weighted by molar-refractivity contribution is 7.80. The molecule has 0 amide bonds. The van der Waals surface area contributed by atoms with E-state index >= 15 is 0 Å². The quantitative estimate of drug-likeness (QED) is 0.279. The molecule has 0 aliphatic heterocycles. The molecule has 0 aliphatic rings. The molecule has 0 fully saturated rings. The van der Waals surface area contributed by atoms with Gasteiger partial charge in [0.05, 0.1) is 39.6 Å². The Morgan fingerprint density at radius 2 is 1.24 bits per heavy atom. The first kappa shape index (κ1) is 17.3. The van der Waals surface area contributed by atoms with Crippen molar-refractivity contribution in [1.82, 2.24) is 0 Å². The van der Waals surface area contributed by atoms with E-state index in [1.54, 1.807) is 0 Å². The highest BCUT2D eigenvalue weighted by Gasteiger charge is 2.40. The van der Waals surface area contributed by atoms with E-state index in [9.17, 15) is 0 Å². The maximum atomic E-state index is 8.78. The van der Waals surface area contributed by atoms with Gasteiger partial charge in [0.1, 0.15) is 0 Å². The van der Waals surface area contributed by atoms with Crippen LogP contribution in [0.15, 0.2) is 0 Å². The van der Waals surface area contributed by atoms with Crippen molar-refractivity contribution in [2.24, 2.45) is 0 Å². The number of rotatable bonds is 12. The zero-order valence-electron chi connectivity index (χ0n) is 9.88. The van der Waals surface area contributed by atoms with Crippen LogP contribution in [0.25, 0.3) is 0 Å². The predicted molar refractivity (Wildman–Crippen MR) is 68.1 cm³/mol. The van der Waals surface area contributed by atoms with Crippen LogP contribution in [0.1, 0.15) is 6.42 Å². The Morgan fingerprint density at radius 1 is 0.824 bits per heavy atom. The van der Waals surface area contributed by atoms with Gasteiger partial charge in [0.25, 0.3) is 0 Å². The summed E-state index contributed by atoms with van der Waals surface area (Å²) < 4.78 is 16.4. The molecule has 104 valence electrons. The minimum absolute atomic E-state index is 0.121. The van der Waals surface area contributed by atoms with Crippen molar-refractivity contribution in [2.45, 2.75) is 12.5 Å². The number of thiol groups is 1. The molecule has 0 aromatic rings. The van der Waals surface area contributed by atoms with Crippen molar-refractivity contribution in [2.75, 3.05) is 45.4 Å². The fraction of sp³-hybridized carbons (Fsp3) is 1.00. The van der Waals surface area contributed by atoms with Gasteiger partial charge in [-0.1, -0.05) is 0 Å². The number of hydrogen-bond acceptors (Lipinski definition) is 7. The van der Waals surface area contributed by atoms with Crippen LogP contribution in [-0.2, 0) is 13.3 Å². The number of aliphatic hydroxyl groups is 3. The van der Waals surface area contributed by atoms with Gasteiger partial charge in [-0.05, 0) is 12.2 Å². The summed E-state index contributed by atoms with van der Waals surface area (Å²) in [7, 11) is -2.91. The highest BCUT2D eigenvalue weighted by atomic mass is 32.1. The third kappa shape index (κ3) is 8.11. The molecule has 17 heavy (non-hydrogen) atoms. The van der Waals surface area contributed by atoms with Gasteiger partial charge < -0.3 is 28.6 Å². The van der Waals surface area contributed by atoms with Crippen LogP contribution < -0.4 is 0 Å². The van der Waals surface area contributed by atoms with Crippen molar-refractivity contribution in [1.29, 1.82) is 0 Å². The van der Waals surface area contributed by atoms with Gasteiger partial charge >= 0.3 is 8.80 Å². The third-order valence-corrected chi connectivity index (χ3v) is 5.09. The van der Waals surface area contributed by atoms with Gasteiger partial charge in [0.2, 0.25) is 0 Å². The molecule has 0 aromatic carbocycles. The smallest absolute Gasteiger partial charge is 0.394 e. The normalized spacial score (nSPS) is 12.0. The third-order valence-electron chi connectivity index (χ3n) is 1.88. The van der Waals surface area contributed by atoms with Crippen LogP contribution in [0.2, 0.25) is 6.04 Å². The van der Waals surface area contributed by atoms with E-state index < -0.39 is 8.80 Å². The fourth-order valence-corrected chi connectivity index (χ4v) is 4.20. The lowest BCUT2D eigenvalue weighted by atomic mass is 10.6. The topological polar surface area (TPSA) is 88.4 Å². The average molecular weight is 286 g/mol. The van der Waals surface area contributed by atoms with Gasteiger partial charge in [-0.15, -0.1) is 0 Å². The van der Waals surface area contributed by atoms with E-state index in [-0.39, 0.29) is 39.6 Å². The van der Waals surface area contributed by atoms with Crippen LogP contribution in [0.3, 0.4) is 0 Å². The van der Waals surface area contributed by atoms with Gasteiger partial charge in [-0.25, -0.2) is 0 Å². The molecule has 0 bridgehead atoms. The van der Waals surface area contributed by atoms with E-state index in [1.165, 1.54) is 0 Å². The summed E-state index contributed by atoms with van der Waals surface area (Å²) in [6.07, 6.45) is 0.748. The first-order valence-corrected chi connectivity index (χ1v) is 8.16. The molecule has 0 saturated heterocycles. The Kier molecular flexibility index (Phi) is 11.6. The van der Waals surface area contributed by atoms with E-state index in [0.717, 1.165) is 6.42 Å². The maximum Gasteiger partial charge on any atom is 0.501 e. The van der Waals surface area contributed by atoms with E-state index in [0.29, 0.717) is 11.8 Å². The summed E-state index contributed by atoms with van der Waals surface area (Å²) in [5.74, 6) is 0.669. The Labute approximate surface area is 108 Å². The molecule has 0 aliphatic carbocycles. The van der Waals surface area contributed by atoms with Crippen molar-refractivity contribution in [3.05, 3.63) is 0 Å². The molecular formula is C9H22O6SSi. The van der Waals surface area contributed by atoms with Crippen LogP contribution >= 0.6 is 12.6 Å². The van der Waals surface area contributed by atoms with E-state index in [2.05, 4.69) is 12.6 Å². The second-order valence-electron chi connectivity index (χ2n) is 3.23. The molecule has 8 heteroatoms. The van der Waals surface area contributed by atoms with Gasteiger partial charge in [0, 0.05) is 6.04 Å². The fourth-order valence-electron chi connectivity index (χ4n) is 1.24. The van der Waals surface area contributed by atoms with Crippen molar-refractivity contribution in [3.8, 4) is 0 Å². The first-order chi connectivity index (χ1) is 8.24. The summed E-state index contributed by atoms with van der Waals surface area (Å²) in [5.41, 5.74) is 0. The number of hydrogen-bond donors (Lipinski definition) is 4. The van der Waals surface area contributed by atoms with E-state index in [1.807, 2.05) is 0 Å². The molecule has 0 saturated carbocycles. The monoisotopic (exact) mass is 286 g/mol. The maximum absolute atomic E-state index is 8.78. The molecule has 6 nitrogen and oxygen atoms in total. The molecule has 0 atom stereocenters. The molecule has 0 aromatic heterocycles. The zero-order valence-corrected chi connectivity index (χ0v) is 11.8. The lowest BCUT2D eigenvalue weighted by Crippen LogP contribution is -2.47. The second kappa shape index (κ2) is 11.4. The van der Waals surface area contributed by atoms with Crippen LogP contribution in [0, 0.1) is 0 Å². The largest absolute Gasteiger partial charge is 0.501 e. The molecule has 0 spiro atoms.